The molecule has 18 nitrogen and oxygen atoms in total. The normalized spacial score (nSPS) is 12.0. The quantitative estimate of drug-likeness (QED) is 0.0417. The lowest BCUT2D eigenvalue weighted by molar-refractivity contribution is -0.383. The first-order chi connectivity index (χ1) is 30.3. The summed E-state index contributed by atoms with van der Waals surface area (Å²) in [7, 11) is 0. The summed E-state index contributed by atoms with van der Waals surface area (Å²) in [5.41, 5.74) is 14.3. The number of nitrogens with zero attached hydrogens (tertiary/aromatic N) is 6. The number of amides is 2. The van der Waals surface area contributed by atoms with Crippen LogP contribution in [-0.2, 0) is 35.4 Å². The first-order valence-electron chi connectivity index (χ1n) is 19.5. The van der Waals surface area contributed by atoms with E-state index in [1.807, 2.05) is 60.7 Å². The highest BCUT2D eigenvalue weighted by Crippen LogP contribution is 2.38. The van der Waals surface area contributed by atoms with E-state index in [0.717, 1.165) is 33.6 Å². The molecule has 1 aliphatic heterocycles. The third kappa shape index (κ3) is 16.1. The Bertz CT molecular complexity index is 2240. The number of nitrogens with two attached hydrogens (primary N) is 2. The zero-order valence-corrected chi connectivity index (χ0v) is 36.5. The predicted molar refractivity (Wildman–Crippen MR) is 250 cm³/mol. The van der Waals surface area contributed by atoms with Crippen molar-refractivity contribution in [2.45, 2.75) is 60.0 Å². The smallest absolute Gasteiger partial charge is 0.414 e. The molecule has 2 aromatic heterocycles. The summed E-state index contributed by atoms with van der Waals surface area (Å²) >= 11 is 9.53. The molecule has 1 aliphatic rings. The largest absolute Gasteiger partial charge is 0.477 e. The van der Waals surface area contributed by atoms with Crippen molar-refractivity contribution in [2.24, 2.45) is 0 Å². The van der Waals surface area contributed by atoms with E-state index in [4.69, 9.17) is 53.6 Å². The molecule has 4 N–H and O–H groups in total. The molecule has 2 aromatic carbocycles. The molecule has 0 aliphatic carbocycles. The van der Waals surface area contributed by atoms with E-state index < -0.39 is 33.4 Å². The summed E-state index contributed by atoms with van der Waals surface area (Å²) in [6.07, 6.45) is 8.56. The van der Waals surface area contributed by atoms with Crippen LogP contribution < -0.4 is 30.7 Å². The number of carbonyl (C=O) groups excluding carboxylic acids is 2. The van der Waals surface area contributed by atoms with Gasteiger partial charge in [-0.05, 0) is 61.8 Å². The number of pyridine rings is 2. The molecule has 0 saturated carbocycles. The fourth-order valence-electron chi connectivity index (χ4n) is 5.93. The minimum atomic E-state index is -0.748. The first kappa shape index (κ1) is 53.2. The molecule has 0 saturated heterocycles. The van der Waals surface area contributed by atoms with Crippen molar-refractivity contribution >= 4 is 69.8 Å². The third-order valence-corrected chi connectivity index (χ3v) is 8.55. The highest BCUT2D eigenvalue weighted by atomic mass is 35.5. The number of ether oxygens (including phenoxy) is 4. The number of aromatic nitrogens is 2. The van der Waals surface area contributed by atoms with Crippen LogP contribution in [0.1, 0.15) is 56.4 Å². The maximum atomic E-state index is 12.8. The van der Waals surface area contributed by atoms with Crippen molar-refractivity contribution in [3.8, 4) is 11.8 Å². The Balaban J connectivity index is 0.000000409. The van der Waals surface area contributed by atoms with Gasteiger partial charge in [0.1, 0.15) is 11.4 Å². The van der Waals surface area contributed by atoms with Gasteiger partial charge in [-0.15, -0.1) is 36.4 Å². The van der Waals surface area contributed by atoms with Crippen molar-refractivity contribution in [1.29, 1.82) is 0 Å². The Morgan fingerprint density at radius 2 is 1.56 bits per heavy atom. The molecule has 344 valence electrons. The highest BCUT2D eigenvalue weighted by molar-refractivity contribution is 6.40. The number of anilines is 4. The van der Waals surface area contributed by atoms with Crippen molar-refractivity contribution in [3.05, 3.63) is 141 Å². The average Bonchev–Trinajstić information content (AvgIpc) is 3.23. The highest BCUT2D eigenvalue weighted by Gasteiger charge is 2.32. The van der Waals surface area contributed by atoms with Gasteiger partial charge >= 0.3 is 23.6 Å². The lowest BCUT2D eigenvalue weighted by atomic mass is 10.1. The molecule has 20 heteroatoms. The zero-order valence-electron chi connectivity index (χ0n) is 35.0. The second-order valence-corrected chi connectivity index (χ2v) is 13.8. The van der Waals surface area contributed by atoms with E-state index in [2.05, 4.69) is 23.1 Å². The van der Waals surface area contributed by atoms with Crippen LogP contribution in [0, 0.1) is 20.2 Å². The van der Waals surface area contributed by atoms with Crippen LogP contribution in [0.15, 0.2) is 98.1 Å². The number of nitrogen functional groups attached to an aromatic ring is 2. The van der Waals surface area contributed by atoms with Crippen LogP contribution in [-0.4, -0.2) is 63.8 Å². The van der Waals surface area contributed by atoms with E-state index in [0.29, 0.717) is 25.9 Å². The summed E-state index contributed by atoms with van der Waals surface area (Å²) in [5.74, 6) is -0.509. The maximum Gasteiger partial charge on any atom is 0.414 e. The number of nitro groups is 2. The maximum absolute atomic E-state index is 12.8. The van der Waals surface area contributed by atoms with Gasteiger partial charge in [0.25, 0.3) is 0 Å². The lowest BCUT2D eigenvalue weighted by Crippen LogP contribution is -2.32. The van der Waals surface area contributed by atoms with Gasteiger partial charge in [0.05, 0.1) is 54.7 Å². The number of alkyl halides is 2. The minimum Gasteiger partial charge on any atom is -0.477 e. The number of hydrogen-bond acceptors (Lipinski definition) is 14. The van der Waals surface area contributed by atoms with E-state index in [1.165, 1.54) is 17.0 Å². The number of fused-ring (bicyclic) bond motifs is 4. The topological polar surface area (TPSA) is 242 Å². The van der Waals surface area contributed by atoms with Gasteiger partial charge in [0.15, 0.2) is 0 Å². The number of allylic oxidation sites excluding steroid dienone is 2. The van der Waals surface area contributed by atoms with Gasteiger partial charge in [-0.1, -0.05) is 80.3 Å². The molecule has 5 rings (SSSR count). The number of hydrogen-bond donors (Lipinski definition) is 2. The van der Waals surface area contributed by atoms with Crippen LogP contribution in [0.5, 0.6) is 11.8 Å². The lowest BCUT2D eigenvalue weighted by Gasteiger charge is -2.23. The summed E-state index contributed by atoms with van der Waals surface area (Å²) in [4.78, 5) is 57.8. The summed E-state index contributed by atoms with van der Waals surface area (Å²) in [5, 5.41) is 23.6. The molecule has 0 spiro atoms. The molecule has 64 heavy (non-hydrogen) atoms. The van der Waals surface area contributed by atoms with Crippen molar-refractivity contribution in [1.82, 2.24) is 9.97 Å². The fraction of sp³-hybridized carbons (Fsp3) is 0.318. The van der Waals surface area contributed by atoms with Gasteiger partial charge in [-0.3, -0.25) is 30.0 Å². The third-order valence-electron chi connectivity index (χ3n) is 8.55. The Morgan fingerprint density at radius 3 is 2.22 bits per heavy atom. The van der Waals surface area contributed by atoms with Crippen LogP contribution >= 0.6 is 23.2 Å². The molecule has 0 radical (unpaired) electrons. The molecule has 0 fully saturated rings. The van der Waals surface area contributed by atoms with E-state index >= 15 is 0 Å². The Morgan fingerprint density at radius 1 is 0.906 bits per heavy atom. The monoisotopic (exact) mass is 924 g/mol. The SMILES string of the molecule is C.C=CCCOc1cc(N(Cc2cccc(CC=C)c2)C(=O)OCC)c([N+](=O)[O-])c(N)n1.CCOC(=O)N1Cc2cccc(c2)C/C=C/CCOc2cc1c([N+](=O)[O-])c(N)n2.ClCCl. The molecule has 4 aromatic rings. The number of halogens is 2. The van der Waals surface area contributed by atoms with Crippen LogP contribution in [0.2, 0.25) is 0 Å². The van der Waals surface area contributed by atoms with Crippen LogP contribution in [0.4, 0.5) is 44.0 Å². The Kier molecular flexibility index (Phi) is 23.2. The minimum absolute atomic E-state index is 0. The summed E-state index contributed by atoms with van der Waals surface area (Å²) in [6.45, 7) is 11.6. The number of benzene rings is 2. The van der Waals surface area contributed by atoms with E-state index in [1.54, 1.807) is 26.0 Å². The van der Waals surface area contributed by atoms with Crippen LogP contribution in [0.3, 0.4) is 0 Å². The summed E-state index contributed by atoms with van der Waals surface area (Å²) in [6, 6.07) is 17.8. The molecule has 2 amide bonds. The van der Waals surface area contributed by atoms with Crippen LogP contribution in [0.25, 0.3) is 0 Å². The van der Waals surface area contributed by atoms with Gasteiger partial charge in [-0.25, -0.2) is 9.59 Å². The number of rotatable bonds is 13. The van der Waals surface area contributed by atoms with Gasteiger partial charge in [0.2, 0.25) is 23.4 Å². The Labute approximate surface area is 382 Å². The van der Waals surface area contributed by atoms with E-state index in [-0.39, 0.29) is 80.4 Å². The first-order valence-corrected chi connectivity index (χ1v) is 20.6. The molecule has 0 unspecified atom stereocenters. The van der Waals surface area contributed by atoms with Crippen molar-refractivity contribution in [2.75, 3.05) is 53.0 Å². The second kappa shape index (κ2) is 27.9. The standard InChI is InChI=1S/C22H26N4O5.C20H22N4O5.CH2Cl2.CH4/c1-4-7-12-31-19-14-18(20(26(28)29)21(23)24-19)25(22(27)30-6-3)15-17-11-8-10-16(13-17)9-5-2;1-2-28-20(25)23-13-15-9-6-8-14(11-15)7-4-3-5-10-29-17-12-16(23)18(24(26)27)19(21)22-17;2-1-3;/h4-5,8,10-11,13-14H,1-2,6-7,9,12,15H2,3H3,(H2,23,24);3-4,6,8-9,11-12H,2,5,7,10,13H2,1H3,(H2,21,22);1H2;1H4/b;4-3+;;. The number of carbonyl (C=O) groups is 2. The molecular weight excluding hydrogens is 871 g/mol. The summed E-state index contributed by atoms with van der Waals surface area (Å²) < 4.78 is 21.4. The van der Waals surface area contributed by atoms with Gasteiger partial charge < -0.3 is 30.4 Å². The Hall–Kier alpha value is -6.92. The van der Waals surface area contributed by atoms with E-state index in [9.17, 15) is 29.8 Å². The van der Waals surface area contributed by atoms with Gasteiger partial charge in [0, 0.05) is 12.1 Å². The van der Waals surface area contributed by atoms with Gasteiger partial charge in [-0.2, -0.15) is 9.97 Å². The predicted octanol–water partition coefficient (Wildman–Crippen LogP) is 10.1. The zero-order chi connectivity index (χ0) is 46.3. The molecular formula is C44H54Cl2N8O10. The van der Waals surface area contributed by atoms with Crippen molar-refractivity contribution < 1.29 is 38.4 Å². The average molecular weight is 926 g/mol. The van der Waals surface area contributed by atoms with Crippen molar-refractivity contribution in [3.63, 3.8) is 0 Å². The second-order valence-electron chi connectivity index (χ2n) is 13.0. The fourth-order valence-corrected chi connectivity index (χ4v) is 5.93. The molecule has 4 bridgehead atoms. The molecule has 3 heterocycles. The molecule has 0 atom stereocenters.